The van der Waals surface area contributed by atoms with Crippen LogP contribution in [0.15, 0.2) is 55.1 Å². The summed E-state index contributed by atoms with van der Waals surface area (Å²) in [6.45, 7) is 1.85. The third kappa shape index (κ3) is 3.37. The first-order chi connectivity index (χ1) is 13.5. The average Bonchev–Trinajstić information content (AvgIpc) is 3.28. The molecule has 0 atom stereocenters. The largest absolute Gasteiger partial charge is 0.305 e. The summed E-state index contributed by atoms with van der Waals surface area (Å²) in [7, 11) is 1.67. The van der Waals surface area contributed by atoms with Crippen LogP contribution in [0, 0.1) is 12.7 Å². The van der Waals surface area contributed by atoms with Crippen molar-refractivity contribution in [3.63, 3.8) is 0 Å². The smallest absolute Gasteiger partial charge is 0.275 e. The summed E-state index contributed by atoms with van der Waals surface area (Å²) in [6, 6.07) is 9.23. The topological polar surface area (TPSA) is 90.5 Å². The highest BCUT2D eigenvalue weighted by Gasteiger charge is 2.16. The van der Waals surface area contributed by atoms with Crippen molar-refractivity contribution in [1.29, 1.82) is 0 Å². The second-order valence-corrected chi connectivity index (χ2v) is 6.11. The number of anilines is 1. The van der Waals surface area contributed by atoms with Crippen LogP contribution in [0.4, 0.5) is 10.2 Å². The highest BCUT2D eigenvalue weighted by atomic mass is 19.1. The maximum Gasteiger partial charge on any atom is 0.275 e. The van der Waals surface area contributed by atoms with E-state index in [0.29, 0.717) is 23.0 Å². The van der Waals surface area contributed by atoms with E-state index in [2.05, 4.69) is 25.4 Å². The van der Waals surface area contributed by atoms with E-state index in [-0.39, 0.29) is 11.7 Å². The van der Waals surface area contributed by atoms with E-state index in [9.17, 15) is 9.18 Å². The molecular formula is C19H16FN7O. The number of amides is 1. The summed E-state index contributed by atoms with van der Waals surface area (Å²) in [6.07, 6.45) is 4.82. The van der Waals surface area contributed by atoms with E-state index >= 15 is 0 Å². The van der Waals surface area contributed by atoms with Gasteiger partial charge in [0.1, 0.15) is 35.3 Å². The van der Waals surface area contributed by atoms with Crippen LogP contribution in [0.1, 0.15) is 16.3 Å². The number of carbonyl (C=O) groups is 1. The number of aromatic nitrogens is 6. The van der Waals surface area contributed by atoms with Gasteiger partial charge < -0.3 is 5.32 Å². The average molecular weight is 377 g/mol. The lowest BCUT2D eigenvalue weighted by Gasteiger charge is -2.07. The molecule has 0 aliphatic heterocycles. The lowest BCUT2D eigenvalue weighted by molar-refractivity contribution is 0.101. The van der Waals surface area contributed by atoms with Crippen LogP contribution in [0.2, 0.25) is 0 Å². The number of nitrogens with one attached hydrogen (secondary N) is 1. The van der Waals surface area contributed by atoms with Gasteiger partial charge in [0.2, 0.25) is 0 Å². The Morgan fingerprint density at radius 2 is 1.89 bits per heavy atom. The van der Waals surface area contributed by atoms with E-state index < -0.39 is 0 Å². The van der Waals surface area contributed by atoms with Crippen LogP contribution < -0.4 is 5.32 Å². The lowest BCUT2D eigenvalue weighted by Crippen LogP contribution is -2.17. The maximum absolute atomic E-state index is 13.1. The van der Waals surface area contributed by atoms with Crippen LogP contribution in [-0.2, 0) is 7.05 Å². The molecule has 8 nitrogen and oxygen atoms in total. The predicted molar refractivity (Wildman–Crippen MR) is 100 cm³/mol. The molecule has 0 aliphatic carbocycles. The fourth-order valence-electron chi connectivity index (χ4n) is 2.79. The van der Waals surface area contributed by atoms with E-state index in [1.807, 2.05) is 6.92 Å². The Morgan fingerprint density at radius 3 is 2.61 bits per heavy atom. The van der Waals surface area contributed by atoms with Crippen molar-refractivity contribution in [1.82, 2.24) is 29.3 Å². The molecule has 9 heteroatoms. The van der Waals surface area contributed by atoms with Gasteiger partial charge in [0.15, 0.2) is 0 Å². The summed E-state index contributed by atoms with van der Waals surface area (Å²) in [4.78, 5) is 25.2. The fourth-order valence-corrected chi connectivity index (χ4v) is 2.79. The fraction of sp³-hybridized carbons (Fsp3) is 0.105. The molecule has 0 saturated heterocycles. The number of hydrogen-bond donors (Lipinski definition) is 1. The number of benzene rings is 1. The summed E-state index contributed by atoms with van der Waals surface area (Å²) >= 11 is 0. The molecule has 0 saturated carbocycles. The molecule has 4 rings (SSSR count). The highest BCUT2D eigenvalue weighted by Crippen LogP contribution is 2.20. The van der Waals surface area contributed by atoms with Gasteiger partial charge >= 0.3 is 0 Å². The summed E-state index contributed by atoms with van der Waals surface area (Å²) in [5.74, 6) is 1.03. The standard InChI is InChI=1S/C19H16FN7O/c1-12-21-7-8-27(12)18-10-17(22-11-23-18)24-19(28)16-9-15(25-26(16)2)13-3-5-14(20)6-4-13/h3-11H,1-2H3,(H,22,23,24,28). The van der Waals surface area contributed by atoms with Gasteiger partial charge in [-0.3, -0.25) is 14.0 Å². The molecular weight excluding hydrogens is 361 g/mol. The number of nitrogens with zero attached hydrogens (tertiary/aromatic N) is 6. The summed E-state index contributed by atoms with van der Waals surface area (Å²) in [5.41, 5.74) is 1.64. The minimum atomic E-state index is -0.365. The van der Waals surface area contributed by atoms with Gasteiger partial charge in [-0.05, 0) is 37.3 Å². The zero-order valence-electron chi connectivity index (χ0n) is 15.2. The van der Waals surface area contributed by atoms with E-state index in [4.69, 9.17) is 0 Å². The van der Waals surface area contributed by atoms with Crippen molar-refractivity contribution in [2.24, 2.45) is 7.05 Å². The first kappa shape index (κ1) is 17.5. The number of aryl methyl sites for hydroxylation is 2. The Balaban J connectivity index is 1.58. The lowest BCUT2D eigenvalue weighted by atomic mass is 10.1. The van der Waals surface area contributed by atoms with Gasteiger partial charge in [-0.2, -0.15) is 5.10 Å². The van der Waals surface area contributed by atoms with Gasteiger partial charge in [-0.25, -0.2) is 19.3 Å². The maximum atomic E-state index is 13.1. The van der Waals surface area contributed by atoms with Gasteiger partial charge in [0.25, 0.3) is 5.91 Å². The van der Waals surface area contributed by atoms with Gasteiger partial charge in [0.05, 0.1) is 5.69 Å². The Bertz CT molecular complexity index is 1150. The van der Waals surface area contributed by atoms with Crippen molar-refractivity contribution in [3.05, 3.63) is 72.5 Å². The Morgan fingerprint density at radius 1 is 1.11 bits per heavy atom. The first-order valence-corrected chi connectivity index (χ1v) is 8.45. The molecule has 0 unspecified atom stereocenters. The van der Waals surface area contributed by atoms with Crippen molar-refractivity contribution in [2.75, 3.05) is 5.32 Å². The van der Waals surface area contributed by atoms with E-state index in [0.717, 1.165) is 11.4 Å². The second kappa shape index (κ2) is 7.03. The van der Waals surface area contributed by atoms with Gasteiger partial charge in [-0.1, -0.05) is 0 Å². The van der Waals surface area contributed by atoms with Gasteiger partial charge in [0, 0.05) is 31.1 Å². The monoisotopic (exact) mass is 377 g/mol. The summed E-state index contributed by atoms with van der Waals surface area (Å²) in [5, 5.41) is 7.08. The molecule has 1 amide bonds. The predicted octanol–water partition coefficient (Wildman–Crippen LogP) is 2.76. The van der Waals surface area contributed by atoms with Crippen molar-refractivity contribution in [3.8, 4) is 17.1 Å². The molecule has 0 fully saturated rings. The zero-order chi connectivity index (χ0) is 19.7. The molecule has 140 valence electrons. The van der Waals surface area contributed by atoms with Crippen LogP contribution >= 0.6 is 0 Å². The molecule has 1 N–H and O–H groups in total. The minimum Gasteiger partial charge on any atom is -0.305 e. The first-order valence-electron chi connectivity index (χ1n) is 8.45. The second-order valence-electron chi connectivity index (χ2n) is 6.11. The van der Waals surface area contributed by atoms with Crippen LogP contribution in [-0.4, -0.2) is 35.2 Å². The van der Waals surface area contributed by atoms with Gasteiger partial charge in [-0.15, -0.1) is 0 Å². The Kier molecular flexibility index (Phi) is 4.40. The molecule has 3 heterocycles. The van der Waals surface area contributed by atoms with Crippen molar-refractivity contribution >= 4 is 11.7 Å². The number of halogens is 1. The quantitative estimate of drug-likeness (QED) is 0.591. The summed E-state index contributed by atoms with van der Waals surface area (Å²) < 4.78 is 16.4. The zero-order valence-corrected chi connectivity index (χ0v) is 15.2. The Labute approximate surface area is 159 Å². The number of hydrogen-bond acceptors (Lipinski definition) is 5. The SMILES string of the molecule is Cc1nccn1-c1cc(NC(=O)c2cc(-c3ccc(F)cc3)nn2C)ncn1. The Hall–Kier alpha value is -3.88. The van der Waals surface area contributed by atoms with Crippen LogP contribution in [0.5, 0.6) is 0 Å². The third-order valence-electron chi connectivity index (χ3n) is 4.22. The molecule has 28 heavy (non-hydrogen) atoms. The number of carbonyl (C=O) groups excluding carboxylic acids is 1. The van der Waals surface area contributed by atoms with Crippen molar-refractivity contribution < 1.29 is 9.18 Å². The third-order valence-corrected chi connectivity index (χ3v) is 4.22. The molecule has 3 aromatic heterocycles. The number of rotatable bonds is 4. The normalized spacial score (nSPS) is 10.8. The van der Waals surface area contributed by atoms with E-state index in [1.54, 1.807) is 48.3 Å². The molecule has 0 radical (unpaired) electrons. The van der Waals surface area contributed by atoms with Crippen LogP contribution in [0.3, 0.4) is 0 Å². The molecule has 1 aromatic carbocycles. The van der Waals surface area contributed by atoms with E-state index in [1.165, 1.54) is 23.1 Å². The number of imidazole rings is 1. The highest BCUT2D eigenvalue weighted by molar-refractivity contribution is 6.03. The minimum absolute atomic E-state index is 0.328. The van der Waals surface area contributed by atoms with Crippen molar-refractivity contribution in [2.45, 2.75) is 6.92 Å². The molecule has 0 bridgehead atoms. The van der Waals surface area contributed by atoms with Crippen LogP contribution in [0.25, 0.3) is 17.1 Å². The molecule has 0 aliphatic rings. The molecule has 0 spiro atoms. The molecule has 4 aromatic rings.